The molecule has 1 spiro atoms. The minimum atomic E-state index is 0.197. The van der Waals surface area contributed by atoms with Gasteiger partial charge >= 0.3 is 0 Å². The quantitative estimate of drug-likeness (QED) is 0.897. The van der Waals surface area contributed by atoms with Crippen LogP contribution in [-0.4, -0.2) is 25.4 Å². The average molecular weight is 289 g/mol. The predicted molar refractivity (Wildman–Crippen MR) is 84.6 cm³/mol. The number of hydrogen-bond acceptors (Lipinski definition) is 3. The summed E-state index contributed by atoms with van der Waals surface area (Å²) in [6, 6.07) is 8.34. The van der Waals surface area contributed by atoms with Gasteiger partial charge in [-0.25, -0.2) is 0 Å². The molecule has 1 aromatic carbocycles. The van der Waals surface area contributed by atoms with Crippen molar-refractivity contribution in [2.24, 2.45) is 0 Å². The Morgan fingerprint density at radius 3 is 2.62 bits per heavy atom. The molecule has 1 saturated heterocycles. The molecule has 3 rings (SSSR count). The molecule has 3 heteroatoms. The van der Waals surface area contributed by atoms with Crippen LogP contribution in [0.15, 0.2) is 24.3 Å². The Hall–Kier alpha value is -1.06. The number of nitrogens with one attached hydrogen (secondary N) is 1. The summed E-state index contributed by atoms with van der Waals surface area (Å²) in [7, 11) is 1.96. The van der Waals surface area contributed by atoms with Gasteiger partial charge in [0.15, 0.2) is 0 Å². The predicted octanol–water partition coefficient (Wildman–Crippen LogP) is 3.67. The van der Waals surface area contributed by atoms with Crippen molar-refractivity contribution in [2.45, 2.75) is 63.2 Å². The van der Waals surface area contributed by atoms with Crippen molar-refractivity contribution in [1.29, 1.82) is 0 Å². The van der Waals surface area contributed by atoms with Crippen LogP contribution in [0.5, 0.6) is 5.75 Å². The SMILES string of the molecule is CNCc1ccc(OCC2CCC3(CCCCC3)O2)cc1. The summed E-state index contributed by atoms with van der Waals surface area (Å²) in [5.74, 6) is 0.947. The van der Waals surface area contributed by atoms with Crippen molar-refractivity contribution in [1.82, 2.24) is 5.32 Å². The van der Waals surface area contributed by atoms with Crippen molar-refractivity contribution in [3.05, 3.63) is 29.8 Å². The van der Waals surface area contributed by atoms with E-state index in [2.05, 4.69) is 29.6 Å². The van der Waals surface area contributed by atoms with Crippen LogP contribution in [0.4, 0.5) is 0 Å². The highest BCUT2D eigenvalue weighted by Crippen LogP contribution is 2.41. The minimum absolute atomic E-state index is 0.197. The first kappa shape index (κ1) is 14.9. The van der Waals surface area contributed by atoms with E-state index in [1.165, 1.54) is 44.1 Å². The summed E-state index contributed by atoms with van der Waals surface area (Å²) in [4.78, 5) is 0. The highest BCUT2D eigenvalue weighted by atomic mass is 16.6. The smallest absolute Gasteiger partial charge is 0.119 e. The summed E-state index contributed by atoms with van der Waals surface area (Å²) in [5.41, 5.74) is 1.48. The molecule has 0 aromatic heterocycles. The van der Waals surface area contributed by atoms with Crippen LogP contribution in [0.25, 0.3) is 0 Å². The lowest BCUT2D eigenvalue weighted by molar-refractivity contribution is -0.0748. The van der Waals surface area contributed by atoms with Crippen LogP contribution in [0.2, 0.25) is 0 Å². The van der Waals surface area contributed by atoms with E-state index < -0.39 is 0 Å². The summed E-state index contributed by atoms with van der Waals surface area (Å²) < 4.78 is 12.3. The van der Waals surface area contributed by atoms with Gasteiger partial charge in [-0.2, -0.15) is 0 Å². The minimum Gasteiger partial charge on any atom is -0.491 e. The van der Waals surface area contributed by atoms with Gasteiger partial charge < -0.3 is 14.8 Å². The maximum Gasteiger partial charge on any atom is 0.119 e. The monoisotopic (exact) mass is 289 g/mol. The van der Waals surface area contributed by atoms with Crippen LogP contribution in [0.1, 0.15) is 50.5 Å². The van der Waals surface area contributed by atoms with Crippen molar-refractivity contribution in [3.8, 4) is 5.75 Å². The molecule has 1 N–H and O–H groups in total. The molecule has 116 valence electrons. The fraction of sp³-hybridized carbons (Fsp3) is 0.667. The lowest BCUT2D eigenvalue weighted by atomic mass is 9.83. The van der Waals surface area contributed by atoms with Crippen LogP contribution < -0.4 is 10.1 Å². The second kappa shape index (κ2) is 6.80. The number of hydrogen-bond donors (Lipinski definition) is 1. The molecule has 1 unspecified atom stereocenters. The van der Waals surface area contributed by atoms with Crippen LogP contribution in [0, 0.1) is 0 Å². The fourth-order valence-corrected chi connectivity index (χ4v) is 3.67. The Kier molecular flexibility index (Phi) is 4.81. The van der Waals surface area contributed by atoms with E-state index in [9.17, 15) is 0 Å². The second-order valence-electron chi connectivity index (χ2n) is 6.51. The van der Waals surface area contributed by atoms with Gasteiger partial charge in [-0.15, -0.1) is 0 Å². The summed E-state index contributed by atoms with van der Waals surface area (Å²) in [6.45, 7) is 1.58. The summed E-state index contributed by atoms with van der Waals surface area (Å²) in [6.07, 6.45) is 9.21. The largest absolute Gasteiger partial charge is 0.491 e. The Morgan fingerprint density at radius 1 is 1.14 bits per heavy atom. The van der Waals surface area contributed by atoms with Gasteiger partial charge in [-0.05, 0) is 50.4 Å². The molecule has 1 aromatic rings. The molecule has 21 heavy (non-hydrogen) atoms. The Labute approximate surface area is 128 Å². The van der Waals surface area contributed by atoms with Crippen LogP contribution in [0.3, 0.4) is 0 Å². The van der Waals surface area contributed by atoms with Gasteiger partial charge in [-0.1, -0.05) is 31.4 Å². The molecular weight excluding hydrogens is 262 g/mol. The van der Waals surface area contributed by atoms with Gasteiger partial charge in [0.05, 0.1) is 11.7 Å². The number of ether oxygens (including phenoxy) is 2. The van der Waals surface area contributed by atoms with E-state index in [0.29, 0.717) is 6.61 Å². The van der Waals surface area contributed by atoms with Crippen molar-refractivity contribution in [3.63, 3.8) is 0 Å². The number of benzene rings is 1. The molecule has 2 fully saturated rings. The molecule has 2 aliphatic rings. The zero-order valence-corrected chi connectivity index (χ0v) is 13.1. The third kappa shape index (κ3) is 3.78. The highest BCUT2D eigenvalue weighted by molar-refractivity contribution is 5.27. The maximum absolute atomic E-state index is 6.34. The fourth-order valence-electron chi connectivity index (χ4n) is 3.67. The molecule has 1 aliphatic heterocycles. The first-order valence-electron chi connectivity index (χ1n) is 8.34. The lowest BCUT2D eigenvalue weighted by Gasteiger charge is -2.33. The summed E-state index contributed by atoms with van der Waals surface area (Å²) in [5, 5.41) is 3.15. The normalized spacial score (nSPS) is 24.3. The first-order chi connectivity index (χ1) is 10.3. The first-order valence-corrected chi connectivity index (χ1v) is 8.34. The highest BCUT2D eigenvalue weighted by Gasteiger charge is 2.40. The van der Waals surface area contributed by atoms with E-state index in [1.807, 2.05) is 7.05 Å². The molecular formula is C18H27NO2. The van der Waals surface area contributed by atoms with Crippen LogP contribution in [-0.2, 0) is 11.3 Å². The molecule has 3 nitrogen and oxygen atoms in total. The van der Waals surface area contributed by atoms with E-state index in [4.69, 9.17) is 9.47 Å². The number of rotatable bonds is 5. The molecule has 0 bridgehead atoms. The zero-order valence-electron chi connectivity index (χ0n) is 13.1. The average Bonchev–Trinajstić information content (AvgIpc) is 2.90. The standard InChI is InChI=1S/C18H27NO2/c1-19-13-15-5-7-16(8-6-15)20-14-17-9-12-18(21-17)10-3-2-4-11-18/h5-8,17,19H,2-4,9-14H2,1H3. The molecule has 1 heterocycles. The molecule has 1 aliphatic carbocycles. The Morgan fingerprint density at radius 2 is 1.90 bits per heavy atom. The molecule has 0 amide bonds. The van der Waals surface area contributed by atoms with E-state index >= 15 is 0 Å². The van der Waals surface area contributed by atoms with E-state index in [-0.39, 0.29) is 11.7 Å². The third-order valence-corrected chi connectivity index (χ3v) is 4.84. The van der Waals surface area contributed by atoms with Gasteiger partial charge in [0.1, 0.15) is 12.4 Å². The van der Waals surface area contributed by atoms with E-state index in [0.717, 1.165) is 18.7 Å². The summed E-state index contributed by atoms with van der Waals surface area (Å²) >= 11 is 0. The van der Waals surface area contributed by atoms with Crippen molar-refractivity contribution in [2.75, 3.05) is 13.7 Å². The van der Waals surface area contributed by atoms with Gasteiger partial charge in [-0.3, -0.25) is 0 Å². The Balaban J connectivity index is 1.47. The Bertz CT molecular complexity index is 437. The zero-order chi connectivity index (χ0) is 14.5. The van der Waals surface area contributed by atoms with Gasteiger partial charge in [0.2, 0.25) is 0 Å². The topological polar surface area (TPSA) is 30.5 Å². The van der Waals surface area contributed by atoms with Gasteiger partial charge in [0, 0.05) is 6.54 Å². The van der Waals surface area contributed by atoms with Crippen molar-refractivity contribution < 1.29 is 9.47 Å². The molecule has 1 atom stereocenters. The van der Waals surface area contributed by atoms with Gasteiger partial charge in [0.25, 0.3) is 0 Å². The van der Waals surface area contributed by atoms with Crippen molar-refractivity contribution >= 4 is 0 Å². The molecule has 1 saturated carbocycles. The maximum atomic E-state index is 6.34. The van der Waals surface area contributed by atoms with Crippen LogP contribution >= 0.6 is 0 Å². The lowest BCUT2D eigenvalue weighted by Crippen LogP contribution is -2.32. The molecule has 0 radical (unpaired) electrons. The third-order valence-electron chi connectivity index (χ3n) is 4.84. The van der Waals surface area contributed by atoms with E-state index in [1.54, 1.807) is 0 Å². The second-order valence-corrected chi connectivity index (χ2v) is 6.51.